The van der Waals surface area contributed by atoms with E-state index in [0.29, 0.717) is 13.1 Å². The highest BCUT2D eigenvalue weighted by Crippen LogP contribution is 2.17. The number of nitrogens with one attached hydrogen (secondary N) is 1. The van der Waals surface area contributed by atoms with Gasteiger partial charge in [0.2, 0.25) is 0 Å². The number of aliphatic hydroxyl groups is 1. The first-order valence-corrected chi connectivity index (χ1v) is 5.62. The summed E-state index contributed by atoms with van der Waals surface area (Å²) < 4.78 is 27.0. The van der Waals surface area contributed by atoms with Crippen LogP contribution >= 0.6 is 0 Å². The number of benzene rings is 1. The van der Waals surface area contributed by atoms with Gasteiger partial charge in [0.05, 0.1) is 12.1 Å². The second kappa shape index (κ2) is 4.99. The van der Waals surface area contributed by atoms with Crippen molar-refractivity contribution < 1.29 is 18.7 Å². The summed E-state index contributed by atoms with van der Waals surface area (Å²) in [7, 11) is 1.43. The monoisotopic (exact) mass is 256 g/mol. The summed E-state index contributed by atoms with van der Waals surface area (Å²) in [6.45, 7) is 0.765. The number of β-amino-alcohol motifs (C(OH)–C–C–N with tert-alkyl or cyclic N) is 1. The maximum Gasteiger partial charge on any atom is 0.259 e. The van der Waals surface area contributed by atoms with Gasteiger partial charge in [-0.1, -0.05) is 6.07 Å². The number of likely N-dealkylation sites (N-methyl/N-ethyl adjacent to an activating group) is 1. The number of hydrogen-bond donors (Lipinski definition) is 2. The van der Waals surface area contributed by atoms with E-state index in [9.17, 15) is 18.7 Å². The Morgan fingerprint density at radius 1 is 1.39 bits per heavy atom. The molecule has 98 valence electrons. The number of aliphatic hydroxyl groups excluding tert-OH is 1. The zero-order chi connectivity index (χ0) is 13.3. The van der Waals surface area contributed by atoms with Gasteiger partial charge in [-0.15, -0.1) is 0 Å². The van der Waals surface area contributed by atoms with Crippen molar-refractivity contribution in [1.82, 2.24) is 10.2 Å². The number of carbonyl (C=O) groups is 1. The first-order chi connectivity index (χ1) is 8.52. The molecule has 0 unspecified atom stereocenters. The lowest BCUT2D eigenvalue weighted by Crippen LogP contribution is -2.44. The minimum atomic E-state index is -0.896. The molecule has 2 N–H and O–H groups in total. The van der Waals surface area contributed by atoms with Gasteiger partial charge in [-0.2, -0.15) is 0 Å². The molecule has 4 nitrogen and oxygen atoms in total. The fourth-order valence-corrected chi connectivity index (χ4v) is 2.08. The maximum atomic E-state index is 13.5. The summed E-state index contributed by atoms with van der Waals surface area (Å²) >= 11 is 0. The third-order valence-electron chi connectivity index (χ3n) is 3.15. The highest BCUT2D eigenvalue weighted by atomic mass is 19.1. The minimum Gasteiger partial charge on any atom is -0.390 e. The summed E-state index contributed by atoms with van der Waals surface area (Å²) in [4.78, 5) is 13.2. The van der Waals surface area contributed by atoms with Crippen LogP contribution in [0, 0.1) is 11.6 Å². The molecule has 0 spiro atoms. The van der Waals surface area contributed by atoms with E-state index in [1.165, 1.54) is 18.0 Å². The molecular weight excluding hydrogens is 242 g/mol. The molecule has 0 saturated carbocycles. The molecule has 6 heteroatoms. The van der Waals surface area contributed by atoms with Crippen LogP contribution in [0.2, 0.25) is 0 Å². The van der Waals surface area contributed by atoms with Gasteiger partial charge in [0.1, 0.15) is 17.2 Å². The number of hydrogen-bond acceptors (Lipinski definition) is 3. The van der Waals surface area contributed by atoms with E-state index in [-0.39, 0.29) is 0 Å². The van der Waals surface area contributed by atoms with Gasteiger partial charge in [-0.05, 0) is 12.1 Å². The van der Waals surface area contributed by atoms with Gasteiger partial charge in [-0.3, -0.25) is 4.79 Å². The third-order valence-corrected chi connectivity index (χ3v) is 3.15. The summed E-state index contributed by atoms with van der Waals surface area (Å²) in [5, 5.41) is 12.6. The fourth-order valence-electron chi connectivity index (χ4n) is 2.08. The molecule has 1 amide bonds. The smallest absolute Gasteiger partial charge is 0.259 e. The average Bonchev–Trinajstić information content (AvgIpc) is 2.74. The van der Waals surface area contributed by atoms with Crippen LogP contribution in [0.15, 0.2) is 18.2 Å². The molecule has 1 aliphatic heterocycles. The lowest BCUT2D eigenvalue weighted by atomic mass is 10.1. The summed E-state index contributed by atoms with van der Waals surface area (Å²) in [6.07, 6.45) is -0.728. The molecule has 0 radical (unpaired) electrons. The highest BCUT2D eigenvalue weighted by molar-refractivity contribution is 5.94. The van der Waals surface area contributed by atoms with Gasteiger partial charge in [0.25, 0.3) is 5.91 Å². The molecule has 0 bridgehead atoms. The van der Waals surface area contributed by atoms with Crippen LogP contribution in [0.3, 0.4) is 0 Å². The molecule has 18 heavy (non-hydrogen) atoms. The highest BCUT2D eigenvalue weighted by Gasteiger charge is 2.33. The lowest BCUT2D eigenvalue weighted by Gasteiger charge is -2.26. The quantitative estimate of drug-likeness (QED) is 0.804. The Morgan fingerprint density at radius 3 is 2.50 bits per heavy atom. The normalized spacial score (nSPS) is 23.1. The van der Waals surface area contributed by atoms with Gasteiger partial charge in [0.15, 0.2) is 0 Å². The van der Waals surface area contributed by atoms with Crippen LogP contribution in [-0.4, -0.2) is 48.2 Å². The molecule has 1 aromatic carbocycles. The molecular formula is C12H14F2N2O2. The fraction of sp³-hybridized carbons (Fsp3) is 0.417. The second-order valence-corrected chi connectivity index (χ2v) is 4.31. The van der Waals surface area contributed by atoms with Crippen molar-refractivity contribution in [2.24, 2.45) is 0 Å². The van der Waals surface area contributed by atoms with Gasteiger partial charge >= 0.3 is 0 Å². The molecule has 2 atom stereocenters. The van der Waals surface area contributed by atoms with Gasteiger partial charge in [-0.25, -0.2) is 8.78 Å². The van der Waals surface area contributed by atoms with E-state index in [0.717, 1.165) is 12.1 Å². The zero-order valence-corrected chi connectivity index (χ0v) is 9.86. The topological polar surface area (TPSA) is 52.6 Å². The number of amides is 1. The maximum absolute atomic E-state index is 13.5. The first-order valence-electron chi connectivity index (χ1n) is 5.62. The van der Waals surface area contributed by atoms with Gasteiger partial charge < -0.3 is 15.3 Å². The van der Waals surface area contributed by atoms with E-state index in [2.05, 4.69) is 5.32 Å². The molecule has 0 aliphatic carbocycles. The predicted octanol–water partition coefficient (Wildman–Crippen LogP) is 0.369. The summed E-state index contributed by atoms with van der Waals surface area (Å²) in [5.41, 5.74) is -0.584. The molecule has 1 fully saturated rings. The number of rotatable bonds is 2. The SMILES string of the molecule is CN(C(=O)c1c(F)cccc1F)[C@@H]1CNC[C@H]1O. The van der Waals surface area contributed by atoms with E-state index < -0.39 is 35.3 Å². The van der Waals surface area contributed by atoms with Crippen LogP contribution in [0.1, 0.15) is 10.4 Å². The summed E-state index contributed by atoms with van der Waals surface area (Å²) in [6, 6.07) is 2.80. The van der Waals surface area contributed by atoms with Crippen molar-refractivity contribution in [3.8, 4) is 0 Å². The van der Waals surface area contributed by atoms with Crippen molar-refractivity contribution in [2.75, 3.05) is 20.1 Å². The van der Waals surface area contributed by atoms with Crippen LogP contribution in [0.5, 0.6) is 0 Å². The molecule has 1 heterocycles. The Morgan fingerprint density at radius 2 is 2.00 bits per heavy atom. The Kier molecular flexibility index (Phi) is 3.58. The molecule has 0 aromatic heterocycles. The largest absolute Gasteiger partial charge is 0.390 e. The Hall–Kier alpha value is -1.53. The third kappa shape index (κ3) is 2.21. The first kappa shape index (κ1) is 12.9. The predicted molar refractivity (Wildman–Crippen MR) is 61.1 cm³/mol. The minimum absolute atomic E-state index is 0.363. The van der Waals surface area contributed by atoms with Crippen molar-refractivity contribution in [1.29, 1.82) is 0 Å². The van der Waals surface area contributed by atoms with Crippen molar-refractivity contribution in [3.63, 3.8) is 0 Å². The number of nitrogens with zero attached hydrogens (tertiary/aromatic N) is 1. The van der Waals surface area contributed by atoms with E-state index in [1.807, 2.05) is 0 Å². The molecule has 2 rings (SSSR count). The number of carbonyl (C=O) groups excluding carboxylic acids is 1. The van der Waals surface area contributed by atoms with Crippen LogP contribution in [-0.2, 0) is 0 Å². The van der Waals surface area contributed by atoms with Crippen LogP contribution in [0.25, 0.3) is 0 Å². The standard InChI is InChI=1S/C12H14F2N2O2/c1-16(9-5-15-6-10(9)17)12(18)11-7(13)3-2-4-8(11)14/h2-4,9-10,15,17H,5-6H2,1H3/t9-,10-/m1/s1. The van der Waals surface area contributed by atoms with Gasteiger partial charge in [0, 0.05) is 20.1 Å². The zero-order valence-electron chi connectivity index (χ0n) is 9.86. The van der Waals surface area contributed by atoms with E-state index in [1.54, 1.807) is 0 Å². The van der Waals surface area contributed by atoms with Crippen LogP contribution < -0.4 is 5.32 Å². The molecule has 1 aromatic rings. The second-order valence-electron chi connectivity index (χ2n) is 4.31. The van der Waals surface area contributed by atoms with E-state index in [4.69, 9.17) is 0 Å². The van der Waals surface area contributed by atoms with Crippen molar-refractivity contribution in [3.05, 3.63) is 35.4 Å². The average molecular weight is 256 g/mol. The van der Waals surface area contributed by atoms with Crippen LogP contribution in [0.4, 0.5) is 8.78 Å². The van der Waals surface area contributed by atoms with E-state index >= 15 is 0 Å². The number of halogens is 2. The lowest BCUT2D eigenvalue weighted by molar-refractivity contribution is 0.0572. The summed E-state index contributed by atoms with van der Waals surface area (Å²) in [5.74, 6) is -2.56. The Balaban J connectivity index is 2.26. The molecule has 1 saturated heterocycles. The van der Waals surface area contributed by atoms with Crippen molar-refractivity contribution in [2.45, 2.75) is 12.1 Å². The van der Waals surface area contributed by atoms with Crippen molar-refractivity contribution >= 4 is 5.91 Å². The Labute approximate surface area is 103 Å². The Bertz CT molecular complexity index is 447. The molecule has 1 aliphatic rings.